The van der Waals surface area contributed by atoms with Crippen LogP contribution >= 0.6 is 11.6 Å². The number of nitrogens with zero attached hydrogens (tertiary/aromatic N) is 2. The standard InChI is InChI=1S/C25H26ClN3O3S/c1-28(2)23(18-8-4-3-5-9-18)17-27-25(30)20-12-13-21(26)24(16-20)33(31,32)29-15-14-19-10-6-7-11-22(19)29/h3-13,16,23H,14-15,17H2,1-2H3,(H,27,30). The number of carbonyl (C=O) groups excluding carboxylic acids is 1. The van der Waals surface area contributed by atoms with E-state index in [4.69, 9.17) is 11.6 Å². The van der Waals surface area contributed by atoms with Crippen LogP contribution in [0.4, 0.5) is 5.69 Å². The Hall–Kier alpha value is -2.87. The molecule has 8 heteroatoms. The van der Waals surface area contributed by atoms with Crippen molar-refractivity contribution in [2.24, 2.45) is 0 Å². The number of hydrogen-bond donors (Lipinski definition) is 1. The molecule has 0 saturated heterocycles. The molecule has 6 nitrogen and oxygen atoms in total. The van der Waals surface area contributed by atoms with Crippen molar-refractivity contribution < 1.29 is 13.2 Å². The minimum atomic E-state index is -3.91. The van der Waals surface area contributed by atoms with E-state index in [-0.39, 0.29) is 27.4 Å². The maximum Gasteiger partial charge on any atom is 0.265 e. The number of benzene rings is 3. The summed E-state index contributed by atoms with van der Waals surface area (Å²) < 4.78 is 28.2. The van der Waals surface area contributed by atoms with Crippen molar-refractivity contribution in [1.82, 2.24) is 10.2 Å². The topological polar surface area (TPSA) is 69.7 Å². The Kier molecular flexibility index (Phi) is 6.74. The molecule has 0 aromatic heterocycles. The zero-order valence-electron chi connectivity index (χ0n) is 18.5. The van der Waals surface area contributed by atoms with Crippen molar-refractivity contribution in [2.75, 3.05) is 31.5 Å². The van der Waals surface area contributed by atoms with Crippen molar-refractivity contribution in [3.8, 4) is 0 Å². The summed E-state index contributed by atoms with van der Waals surface area (Å²) in [5, 5.41) is 3.02. The molecule has 33 heavy (non-hydrogen) atoms. The molecule has 0 bridgehead atoms. The van der Waals surface area contributed by atoms with Crippen LogP contribution in [0.2, 0.25) is 5.02 Å². The van der Waals surface area contributed by atoms with E-state index in [1.165, 1.54) is 16.4 Å². The van der Waals surface area contributed by atoms with Crippen LogP contribution < -0.4 is 9.62 Å². The molecule has 4 rings (SSSR count). The quantitative estimate of drug-likeness (QED) is 0.548. The molecule has 1 aliphatic heterocycles. The molecule has 1 amide bonds. The lowest BCUT2D eigenvalue weighted by Crippen LogP contribution is -2.34. The van der Waals surface area contributed by atoms with Crippen LogP contribution in [0.25, 0.3) is 0 Å². The molecule has 0 radical (unpaired) electrons. The minimum absolute atomic E-state index is 0.0215. The molecule has 0 aliphatic carbocycles. The van der Waals surface area contributed by atoms with Crippen molar-refractivity contribution in [3.05, 3.63) is 94.5 Å². The molecule has 3 aromatic rings. The summed E-state index contributed by atoms with van der Waals surface area (Å²) in [5.41, 5.74) is 2.95. The number of halogens is 1. The first-order chi connectivity index (χ1) is 15.8. The molecule has 1 atom stereocenters. The molecule has 1 unspecified atom stereocenters. The zero-order chi connectivity index (χ0) is 23.6. The summed E-state index contributed by atoms with van der Waals surface area (Å²) in [6.45, 7) is 0.718. The highest BCUT2D eigenvalue weighted by atomic mass is 35.5. The van der Waals surface area contributed by atoms with Gasteiger partial charge in [-0.25, -0.2) is 8.42 Å². The van der Waals surface area contributed by atoms with Gasteiger partial charge in [0, 0.05) is 18.7 Å². The van der Waals surface area contributed by atoms with Gasteiger partial charge >= 0.3 is 0 Å². The van der Waals surface area contributed by atoms with Gasteiger partial charge in [0.2, 0.25) is 0 Å². The number of para-hydroxylation sites is 1. The Morgan fingerprint density at radius 3 is 2.48 bits per heavy atom. The summed E-state index contributed by atoms with van der Waals surface area (Å²) in [5.74, 6) is -0.354. The molecular formula is C25H26ClN3O3S. The summed E-state index contributed by atoms with van der Waals surface area (Å²) in [6.07, 6.45) is 0.638. The van der Waals surface area contributed by atoms with Gasteiger partial charge in [-0.05, 0) is 55.9 Å². The number of sulfonamides is 1. The fourth-order valence-electron chi connectivity index (χ4n) is 4.08. The van der Waals surface area contributed by atoms with Gasteiger partial charge in [-0.1, -0.05) is 60.1 Å². The van der Waals surface area contributed by atoms with E-state index in [0.717, 1.165) is 11.1 Å². The lowest BCUT2D eigenvalue weighted by atomic mass is 10.1. The fourth-order valence-corrected chi connectivity index (χ4v) is 6.09. The van der Waals surface area contributed by atoms with E-state index in [1.807, 2.05) is 67.5 Å². The number of rotatable bonds is 7. The highest BCUT2D eigenvalue weighted by Gasteiger charge is 2.32. The highest BCUT2D eigenvalue weighted by molar-refractivity contribution is 7.93. The Morgan fingerprint density at radius 2 is 1.76 bits per heavy atom. The first-order valence-corrected chi connectivity index (χ1v) is 12.5. The van der Waals surface area contributed by atoms with Gasteiger partial charge in [0.25, 0.3) is 15.9 Å². The number of hydrogen-bond acceptors (Lipinski definition) is 4. The van der Waals surface area contributed by atoms with Gasteiger partial charge in [0.15, 0.2) is 0 Å². The largest absolute Gasteiger partial charge is 0.350 e. The Labute approximate surface area is 199 Å². The molecule has 0 spiro atoms. The molecule has 1 aliphatic rings. The second-order valence-electron chi connectivity index (χ2n) is 8.20. The molecule has 3 aromatic carbocycles. The van der Waals surface area contributed by atoms with Crippen LogP contribution in [0.3, 0.4) is 0 Å². The van der Waals surface area contributed by atoms with Crippen LogP contribution in [0.5, 0.6) is 0 Å². The molecule has 1 N–H and O–H groups in total. The van der Waals surface area contributed by atoms with E-state index in [9.17, 15) is 13.2 Å². The number of fused-ring (bicyclic) bond motifs is 1. The average molecular weight is 484 g/mol. The summed E-state index contributed by atoms with van der Waals surface area (Å²) in [7, 11) is -0.0152. The Balaban J connectivity index is 1.56. The van der Waals surface area contributed by atoms with E-state index < -0.39 is 10.0 Å². The number of carbonyl (C=O) groups is 1. The summed E-state index contributed by atoms with van der Waals surface area (Å²) >= 11 is 6.30. The van der Waals surface area contributed by atoms with Crippen LogP contribution in [0.1, 0.15) is 27.5 Å². The van der Waals surface area contributed by atoms with Crippen LogP contribution in [-0.2, 0) is 16.4 Å². The first-order valence-electron chi connectivity index (χ1n) is 10.7. The van der Waals surface area contributed by atoms with Crippen LogP contribution in [0.15, 0.2) is 77.7 Å². The van der Waals surface area contributed by atoms with Crippen LogP contribution in [-0.4, -0.2) is 46.4 Å². The van der Waals surface area contributed by atoms with Gasteiger partial charge in [0.1, 0.15) is 4.90 Å². The Bertz CT molecular complexity index is 1260. The van der Waals surface area contributed by atoms with E-state index in [1.54, 1.807) is 12.1 Å². The normalized spacial score (nSPS) is 14.2. The second-order valence-corrected chi connectivity index (χ2v) is 10.4. The third-order valence-corrected chi connectivity index (χ3v) is 8.16. The predicted octanol–water partition coefficient (Wildman–Crippen LogP) is 4.12. The first kappa shape index (κ1) is 23.3. The lowest BCUT2D eigenvalue weighted by molar-refractivity contribution is 0.0941. The van der Waals surface area contributed by atoms with E-state index >= 15 is 0 Å². The number of nitrogens with one attached hydrogen (secondary N) is 1. The molecule has 1 heterocycles. The average Bonchev–Trinajstić information content (AvgIpc) is 3.25. The Morgan fingerprint density at radius 1 is 1.06 bits per heavy atom. The predicted molar refractivity (Wildman–Crippen MR) is 131 cm³/mol. The third kappa shape index (κ3) is 4.76. The molecule has 0 saturated carbocycles. The zero-order valence-corrected chi connectivity index (χ0v) is 20.1. The van der Waals surface area contributed by atoms with E-state index in [0.29, 0.717) is 25.2 Å². The molecule has 172 valence electrons. The van der Waals surface area contributed by atoms with Gasteiger partial charge in [-0.15, -0.1) is 0 Å². The SMILES string of the molecule is CN(C)C(CNC(=O)c1ccc(Cl)c(S(=O)(=O)N2CCc3ccccc32)c1)c1ccccc1. The monoisotopic (exact) mass is 483 g/mol. The smallest absolute Gasteiger partial charge is 0.265 e. The fraction of sp³-hybridized carbons (Fsp3) is 0.240. The van der Waals surface area contributed by atoms with Crippen molar-refractivity contribution in [1.29, 1.82) is 0 Å². The number of likely N-dealkylation sites (N-methyl/N-ethyl adjacent to an activating group) is 1. The van der Waals surface area contributed by atoms with Crippen molar-refractivity contribution in [3.63, 3.8) is 0 Å². The molecular weight excluding hydrogens is 458 g/mol. The van der Waals surface area contributed by atoms with Crippen molar-refractivity contribution >= 4 is 33.2 Å². The van der Waals surface area contributed by atoms with Crippen molar-refractivity contribution in [2.45, 2.75) is 17.4 Å². The van der Waals surface area contributed by atoms with E-state index in [2.05, 4.69) is 5.32 Å². The van der Waals surface area contributed by atoms with Gasteiger partial charge in [-0.2, -0.15) is 0 Å². The third-order valence-electron chi connectivity index (χ3n) is 5.87. The second kappa shape index (κ2) is 9.55. The molecule has 0 fully saturated rings. The summed E-state index contributed by atoms with van der Waals surface area (Å²) in [6, 6.07) is 21.6. The highest BCUT2D eigenvalue weighted by Crippen LogP contribution is 2.35. The van der Waals surface area contributed by atoms with Gasteiger partial charge < -0.3 is 10.2 Å². The van der Waals surface area contributed by atoms with Gasteiger partial charge in [0.05, 0.1) is 16.8 Å². The van der Waals surface area contributed by atoms with Gasteiger partial charge in [-0.3, -0.25) is 9.10 Å². The lowest BCUT2D eigenvalue weighted by Gasteiger charge is -2.25. The maximum atomic E-state index is 13.4. The summed E-state index contributed by atoms with van der Waals surface area (Å²) in [4.78, 5) is 14.9. The van der Waals surface area contributed by atoms with Crippen LogP contribution in [0, 0.1) is 0 Å². The number of anilines is 1. The maximum absolute atomic E-state index is 13.4. The minimum Gasteiger partial charge on any atom is -0.350 e. The number of amides is 1.